The molecular formula is C7H7F3IN3O2. The topological polar surface area (TPSA) is 78.0 Å². The molecule has 16 heavy (non-hydrogen) atoms. The lowest BCUT2D eigenvalue weighted by molar-refractivity contribution is -0.198. The van der Waals surface area contributed by atoms with Gasteiger partial charge in [-0.25, -0.2) is 4.98 Å². The first-order valence-electron chi connectivity index (χ1n) is 4.04. The highest BCUT2D eigenvalue weighted by atomic mass is 127. The molecule has 0 aromatic carbocycles. The molecule has 1 rings (SSSR count). The Hall–Kier alpha value is -0.840. The quantitative estimate of drug-likeness (QED) is 0.703. The van der Waals surface area contributed by atoms with Crippen LogP contribution in [-0.4, -0.2) is 33.9 Å². The largest absolute Gasteiger partial charge is 0.416 e. The number of nitrogens with one attached hydrogen (secondary N) is 2. The van der Waals surface area contributed by atoms with E-state index in [1.165, 1.54) is 0 Å². The molecule has 1 atom stereocenters. The van der Waals surface area contributed by atoms with Crippen molar-refractivity contribution in [1.82, 2.24) is 9.97 Å². The van der Waals surface area contributed by atoms with Crippen molar-refractivity contribution in [1.29, 1.82) is 0 Å². The predicted octanol–water partition coefficient (Wildman–Crippen LogP) is 0.710. The molecule has 0 aliphatic heterocycles. The number of H-pyrrole nitrogens is 1. The molecule has 0 fully saturated rings. The van der Waals surface area contributed by atoms with Gasteiger partial charge in [-0.05, 0) is 22.6 Å². The number of halogens is 4. The fraction of sp³-hybridized carbons (Fsp3) is 0.429. The smallest absolute Gasteiger partial charge is 0.382 e. The molecule has 90 valence electrons. The fourth-order valence-corrected chi connectivity index (χ4v) is 1.30. The van der Waals surface area contributed by atoms with Crippen LogP contribution in [0.3, 0.4) is 0 Å². The molecule has 1 aromatic heterocycles. The number of aromatic amines is 1. The van der Waals surface area contributed by atoms with Gasteiger partial charge in [0.15, 0.2) is 6.10 Å². The number of hydrogen-bond acceptors (Lipinski definition) is 4. The SMILES string of the molecule is O=c1[nH]cnc(NCC(O)C(F)(F)F)c1I. The lowest BCUT2D eigenvalue weighted by Crippen LogP contribution is -2.35. The van der Waals surface area contributed by atoms with Crippen LogP contribution in [0.1, 0.15) is 0 Å². The number of hydrogen-bond donors (Lipinski definition) is 3. The maximum absolute atomic E-state index is 12.0. The van der Waals surface area contributed by atoms with Crippen LogP contribution in [0.5, 0.6) is 0 Å². The zero-order valence-corrected chi connectivity index (χ0v) is 9.83. The first kappa shape index (κ1) is 13.2. The summed E-state index contributed by atoms with van der Waals surface area (Å²) in [6.07, 6.45) is -6.13. The maximum atomic E-state index is 12.0. The van der Waals surface area contributed by atoms with E-state index in [-0.39, 0.29) is 9.39 Å². The minimum absolute atomic E-state index is 0.00708. The second-order valence-electron chi connectivity index (χ2n) is 2.83. The highest BCUT2D eigenvalue weighted by Gasteiger charge is 2.37. The predicted molar refractivity (Wildman–Crippen MR) is 58.1 cm³/mol. The van der Waals surface area contributed by atoms with Crippen molar-refractivity contribution in [2.24, 2.45) is 0 Å². The van der Waals surface area contributed by atoms with Crippen LogP contribution in [0.15, 0.2) is 11.1 Å². The Morgan fingerprint density at radius 2 is 2.25 bits per heavy atom. The van der Waals surface area contributed by atoms with E-state index >= 15 is 0 Å². The van der Waals surface area contributed by atoms with Crippen LogP contribution in [0, 0.1) is 3.57 Å². The number of nitrogens with zero attached hydrogens (tertiary/aromatic N) is 1. The lowest BCUT2D eigenvalue weighted by atomic mass is 10.3. The first-order valence-corrected chi connectivity index (χ1v) is 5.12. The van der Waals surface area contributed by atoms with Crippen LogP contribution in [0.4, 0.5) is 19.0 Å². The maximum Gasteiger partial charge on any atom is 0.416 e. The zero-order valence-electron chi connectivity index (χ0n) is 7.68. The van der Waals surface area contributed by atoms with Crippen molar-refractivity contribution in [2.45, 2.75) is 12.3 Å². The standard InChI is InChI=1S/C7H7F3IN3O2/c8-7(9,10)3(15)1-12-5-4(11)6(16)14-2-13-5/h2-3,15H,1H2,(H2,12,13,14,16). The van der Waals surface area contributed by atoms with Crippen molar-refractivity contribution < 1.29 is 18.3 Å². The van der Waals surface area contributed by atoms with Crippen LogP contribution in [-0.2, 0) is 0 Å². The number of aliphatic hydroxyl groups is 1. The van der Waals surface area contributed by atoms with Gasteiger partial charge < -0.3 is 15.4 Å². The summed E-state index contributed by atoms with van der Waals surface area (Å²) < 4.78 is 36.0. The van der Waals surface area contributed by atoms with Crippen molar-refractivity contribution >= 4 is 28.4 Å². The molecular weight excluding hydrogens is 342 g/mol. The van der Waals surface area contributed by atoms with Crippen LogP contribution < -0.4 is 10.9 Å². The summed E-state index contributed by atoms with van der Waals surface area (Å²) in [5, 5.41) is 11.0. The summed E-state index contributed by atoms with van der Waals surface area (Å²) in [7, 11) is 0. The normalized spacial score (nSPS) is 13.6. The van der Waals surface area contributed by atoms with Crippen molar-refractivity contribution in [3.63, 3.8) is 0 Å². The second-order valence-corrected chi connectivity index (χ2v) is 3.91. The van der Waals surface area contributed by atoms with Gasteiger partial charge >= 0.3 is 6.18 Å². The number of anilines is 1. The number of aliphatic hydroxyl groups excluding tert-OH is 1. The van der Waals surface area contributed by atoms with Crippen LogP contribution in [0.2, 0.25) is 0 Å². The summed E-state index contributed by atoms with van der Waals surface area (Å²) in [5.41, 5.74) is -0.459. The molecule has 1 heterocycles. The molecule has 1 unspecified atom stereocenters. The molecule has 0 radical (unpaired) electrons. The monoisotopic (exact) mass is 349 g/mol. The molecule has 0 aliphatic rings. The highest BCUT2D eigenvalue weighted by molar-refractivity contribution is 14.1. The molecule has 0 bridgehead atoms. The van der Waals surface area contributed by atoms with Crippen molar-refractivity contribution in [3.8, 4) is 0 Å². The van der Waals surface area contributed by atoms with E-state index < -0.39 is 24.4 Å². The summed E-state index contributed by atoms with van der Waals surface area (Å²) in [6.45, 7) is -0.754. The summed E-state index contributed by atoms with van der Waals surface area (Å²) in [4.78, 5) is 17.0. The van der Waals surface area contributed by atoms with Gasteiger partial charge in [-0.2, -0.15) is 13.2 Å². The Kier molecular flexibility index (Phi) is 4.13. The van der Waals surface area contributed by atoms with Crippen molar-refractivity contribution in [3.05, 3.63) is 20.3 Å². The molecule has 0 aliphatic carbocycles. The van der Waals surface area contributed by atoms with E-state index in [0.717, 1.165) is 6.33 Å². The summed E-state index contributed by atoms with van der Waals surface area (Å²) in [6, 6.07) is 0. The van der Waals surface area contributed by atoms with Gasteiger partial charge in [-0.15, -0.1) is 0 Å². The Balaban J connectivity index is 2.69. The van der Waals surface area contributed by atoms with Crippen molar-refractivity contribution in [2.75, 3.05) is 11.9 Å². The first-order chi connectivity index (χ1) is 7.32. The van der Waals surface area contributed by atoms with E-state index in [9.17, 15) is 18.0 Å². The van der Waals surface area contributed by atoms with Gasteiger partial charge in [0.1, 0.15) is 9.39 Å². The summed E-state index contributed by atoms with van der Waals surface area (Å²) in [5.74, 6) is 0.00708. The highest BCUT2D eigenvalue weighted by Crippen LogP contribution is 2.20. The minimum Gasteiger partial charge on any atom is -0.382 e. The fourth-order valence-electron chi connectivity index (χ4n) is 0.815. The van der Waals surface area contributed by atoms with Gasteiger partial charge in [0.2, 0.25) is 0 Å². The molecule has 0 saturated heterocycles. The molecule has 0 spiro atoms. The third-order valence-corrected chi connectivity index (χ3v) is 2.64. The molecule has 0 saturated carbocycles. The third-order valence-electron chi connectivity index (χ3n) is 1.64. The number of alkyl halides is 3. The molecule has 3 N–H and O–H groups in total. The van der Waals surface area contributed by atoms with Crippen LogP contribution >= 0.6 is 22.6 Å². The molecule has 0 amide bonds. The minimum atomic E-state index is -4.69. The second kappa shape index (κ2) is 4.99. The zero-order chi connectivity index (χ0) is 12.3. The van der Waals surface area contributed by atoms with E-state index in [4.69, 9.17) is 5.11 Å². The van der Waals surface area contributed by atoms with Gasteiger partial charge in [0, 0.05) is 0 Å². The van der Waals surface area contributed by atoms with E-state index in [1.54, 1.807) is 22.6 Å². The number of aromatic nitrogens is 2. The number of rotatable bonds is 3. The van der Waals surface area contributed by atoms with E-state index in [0.29, 0.717) is 0 Å². The molecule has 1 aromatic rings. The van der Waals surface area contributed by atoms with Gasteiger partial charge in [0.05, 0.1) is 12.9 Å². The Morgan fingerprint density at radius 3 is 2.81 bits per heavy atom. The Bertz CT molecular complexity index is 420. The average molecular weight is 349 g/mol. The Labute approximate surface area is 101 Å². The van der Waals surface area contributed by atoms with E-state index in [1.807, 2.05) is 0 Å². The van der Waals surface area contributed by atoms with Gasteiger partial charge in [0.25, 0.3) is 5.56 Å². The Morgan fingerprint density at radius 1 is 1.62 bits per heavy atom. The molecule has 5 nitrogen and oxygen atoms in total. The van der Waals surface area contributed by atoms with E-state index in [2.05, 4.69) is 15.3 Å². The van der Waals surface area contributed by atoms with Crippen LogP contribution in [0.25, 0.3) is 0 Å². The summed E-state index contributed by atoms with van der Waals surface area (Å²) >= 11 is 1.64. The van der Waals surface area contributed by atoms with Gasteiger partial charge in [-0.1, -0.05) is 0 Å². The van der Waals surface area contributed by atoms with Gasteiger partial charge in [-0.3, -0.25) is 4.79 Å². The average Bonchev–Trinajstić information content (AvgIpc) is 2.18. The molecule has 9 heteroatoms. The lowest BCUT2D eigenvalue weighted by Gasteiger charge is -2.15. The third kappa shape index (κ3) is 3.33.